The van der Waals surface area contributed by atoms with Gasteiger partial charge in [0, 0.05) is 10.2 Å². The lowest BCUT2D eigenvalue weighted by Gasteiger charge is -2.03. The van der Waals surface area contributed by atoms with E-state index in [9.17, 15) is 0 Å². The van der Waals surface area contributed by atoms with Crippen molar-refractivity contribution in [2.45, 2.75) is 12.0 Å². The van der Waals surface area contributed by atoms with Crippen molar-refractivity contribution in [3.63, 3.8) is 0 Å². The maximum Gasteiger partial charge on any atom is 0.148 e. The molecule has 1 aliphatic rings. The summed E-state index contributed by atoms with van der Waals surface area (Å²) in [4.78, 5) is 0. The van der Waals surface area contributed by atoms with E-state index in [2.05, 4.69) is 38.4 Å². The molecule has 0 amide bonds. The molecule has 2 aromatic rings. The van der Waals surface area contributed by atoms with Crippen molar-refractivity contribution in [3.05, 3.63) is 46.2 Å². The molecular weight excluding hydrogens is 314 g/mol. The van der Waals surface area contributed by atoms with Gasteiger partial charge in [0.15, 0.2) is 0 Å². The van der Waals surface area contributed by atoms with Gasteiger partial charge >= 0.3 is 0 Å². The monoisotopic (exact) mass is 325 g/mol. The Morgan fingerprint density at radius 3 is 3.22 bits per heavy atom. The number of hydrogen-bond acceptors (Lipinski definition) is 4. The number of ether oxygens (including phenoxy) is 1. The number of benzene rings is 1. The summed E-state index contributed by atoms with van der Waals surface area (Å²) < 4.78 is 8.49. The van der Waals surface area contributed by atoms with E-state index in [1.165, 1.54) is 5.56 Å². The van der Waals surface area contributed by atoms with Crippen LogP contribution in [0, 0.1) is 0 Å². The van der Waals surface area contributed by atoms with Gasteiger partial charge in [0.2, 0.25) is 0 Å². The zero-order chi connectivity index (χ0) is 12.4. The van der Waals surface area contributed by atoms with E-state index in [-0.39, 0.29) is 5.44 Å². The fraction of sp³-hybridized carbons (Fsp3) is 0.333. The summed E-state index contributed by atoms with van der Waals surface area (Å²) in [5.41, 5.74) is 2.16. The molecule has 3 rings (SSSR count). The van der Waals surface area contributed by atoms with Crippen LogP contribution >= 0.6 is 27.7 Å². The summed E-state index contributed by atoms with van der Waals surface area (Å²) in [5.74, 6) is 1.03. The predicted octanol–water partition coefficient (Wildman–Crippen LogP) is 2.85. The predicted molar refractivity (Wildman–Crippen MR) is 74.4 cm³/mol. The average molecular weight is 326 g/mol. The van der Waals surface area contributed by atoms with Crippen LogP contribution in [0.1, 0.15) is 16.7 Å². The van der Waals surface area contributed by atoms with Gasteiger partial charge in [-0.3, -0.25) is 0 Å². The quantitative estimate of drug-likeness (QED) is 0.870. The molecule has 18 heavy (non-hydrogen) atoms. The molecule has 94 valence electrons. The Balaban J connectivity index is 1.73. The van der Waals surface area contributed by atoms with Crippen molar-refractivity contribution in [2.24, 2.45) is 0 Å². The van der Waals surface area contributed by atoms with Crippen molar-refractivity contribution in [2.75, 3.05) is 12.4 Å². The highest BCUT2D eigenvalue weighted by Gasteiger charge is 2.21. The standard InChI is InChI=1S/C12H12BrN3OS/c13-10-3-1-2-9(6-10)7-16-8-11(14-15-16)12-17-4-5-18-12/h1-3,6,8,12H,4-5,7H2. The van der Waals surface area contributed by atoms with Gasteiger partial charge in [-0.25, -0.2) is 4.68 Å². The zero-order valence-electron chi connectivity index (χ0n) is 9.62. The second kappa shape index (κ2) is 5.42. The van der Waals surface area contributed by atoms with Gasteiger partial charge in [0.05, 0.1) is 19.3 Å². The Morgan fingerprint density at radius 2 is 2.44 bits per heavy atom. The Bertz CT molecular complexity index is 540. The highest BCUT2D eigenvalue weighted by atomic mass is 79.9. The second-order valence-electron chi connectivity index (χ2n) is 4.04. The average Bonchev–Trinajstić information content (AvgIpc) is 2.98. The molecule has 0 saturated carbocycles. The van der Waals surface area contributed by atoms with Gasteiger partial charge in [-0.05, 0) is 17.7 Å². The number of thioether (sulfide) groups is 1. The third-order valence-corrected chi connectivity index (χ3v) is 4.23. The molecule has 1 fully saturated rings. The zero-order valence-corrected chi connectivity index (χ0v) is 12.0. The van der Waals surface area contributed by atoms with E-state index in [4.69, 9.17) is 4.74 Å². The van der Waals surface area contributed by atoms with Crippen LogP contribution in [0.3, 0.4) is 0 Å². The van der Waals surface area contributed by atoms with E-state index in [0.29, 0.717) is 0 Å². The van der Waals surface area contributed by atoms with E-state index in [1.54, 1.807) is 11.8 Å². The van der Waals surface area contributed by atoms with Crippen LogP contribution in [0.4, 0.5) is 0 Å². The van der Waals surface area contributed by atoms with Crippen molar-refractivity contribution in [1.29, 1.82) is 0 Å². The van der Waals surface area contributed by atoms with E-state index >= 15 is 0 Å². The fourth-order valence-electron chi connectivity index (χ4n) is 1.85. The van der Waals surface area contributed by atoms with Crippen LogP contribution in [0.5, 0.6) is 0 Å². The molecular formula is C12H12BrN3OS. The summed E-state index contributed by atoms with van der Waals surface area (Å²) in [6, 6.07) is 8.20. The first-order valence-corrected chi connectivity index (χ1v) is 7.53. The summed E-state index contributed by atoms with van der Waals surface area (Å²) in [6.07, 6.45) is 1.96. The summed E-state index contributed by atoms with van der Waals surface area (Å²) in [6.45, 7) is 1.53. The molecule has 0 N–H and O–H groups in total. The molecule has 1 unspecified atom stereocenters. The first-order chi connectivity index (χ1) is 8.81. The van der Waals surface area contributed by atoms with Crippen LogP contribution in [0.15, 0.2) is 34.9 Å². The molecule has 6 heteroatoms. The Morgan fingerprint density at radius 1 is 1.50 bits per heavy atom. The highest BCUT2D eigenvalue weighted by molar-refractivity contribution is 9.10. The van der Waals surface area contributed by atoms with Crippen molar-refractivity contribution in [1.82, 2.24) is 15.0 Å². The Hall–Kier alpha value is -0.850. The van der Waals surface area contributed by atoms with E-state index < -0.39 is 0 Å². The van der Waals surface area contributed by atoms with Gasteiger partial charge in [0.1, 0.15) is 11.1 Å². The number of nitrogens with zero attached hydrogens (tertiary/aromatic N) is 3. The minimum atomic E-state index is 0.0567. The van der Waals surface area contributed by atoms with Gasteiger partial charge in [-0.1, -0.05) is 33.3 Å². The Labute approximate surface area is 118 Å². The fourth-order valence-corrected chi connectivity index (χ4v) is 3.17. The number of rotatable bonds is 3. The largest absolute Gasteiger partial charge is 0.360 e. The smallest absolute Gasteiger partial charge is 0.148 e. The van der Waals surface area contributed by atoms with Crippen LogP contribution in [-0.4, -0.2) is 27.4 Å². The Kier molecular flexibility index (Phi) is 3.67. The molecule has 1 aromatic carbocycles. The topological polar surface area (TPSA) is 39.9 Å². The summed E-state index contributed by atoms with van der Waals surface area (Å²) in [5, 5.41) is 8.32. The summed E-state index contributed by atoms with van der Waals surface area (Å²) in [7, 11) is 0. The molecule has 4 nitrogen and oxygen atoms in total. The highest BCUT2D eigenvalue weighted by Crippen LogP contribution is 2.33. The molecule has 2 heterocycles. The molecule has 1 aromatic heterocycles. The van der Waals surface area contributed by atoms with Crippen molar-refractivity contribution in [3.8, 4) is 0 Å². The molecule has 1 aliphatic heterocycles. The van der Waals surface area contributed by atoms with Gasteiger partial charge in [-0.15, -0.1) is 16.9 Å². The molecule has 1 saturated heterocycles. The maximum absolute atomic E-state index is 5.56. The van der Waals surface area contributed by atoms with Crippen LogP contribution in [0.2, 0.25) is 0 Å². The number of aromatic nitrogens is 3. The number of hydrogen-bond donors (Lipinski definition) is 0. The molecule has 0 radical (unpaired) electrons. The van der Waals surface area contributed by atoms with Crippen LogP contribution in [0.25, 0.3) is 0 Å². The normalized spacial score (nSPS) is 19.3. The van der Waals surface area contributed by atoms with Gasteiger partial charge < -0.3 is 4.74 Å². The van der Waals surface area contributed by atoms with E-state index in [1.807, 2.05) is 23.0 Å². The minimum Gasteiger partial charge on any atom is -0.360 e. The van der Waals surface area contributed by atoms with Gasteiger partial charge in [0.25, 0.3) is 0 Å². The minimum absolute atomic E-state index is 0.0567. The maximum atomic E-state index is 5.56. The van der Waals surface area contributed by atoms with Crippen molar-refractivity contribution < 1.29 is 4.74 Å². The first kappa shape index (κ1) is 12.2. The third-order valence-electron chi connectivity index (χ3n) is 2.65. The molecule has 0 spiro atoms. The molecule has 0 aliphatic carbocycles. The van der Waals surface area contributed by atoms with Crippen LogP contribution in [-0.2, 0) is 11.3 Å². The third kappa shape index (κ3) is 2.76. The number of halogens is 1. The van der Waals surface area contributed by atoms with Crippen LogP contribution < -0.4 is 0 Å². The lowest BCUT2D eigenvalue weighted by Crippen LogP contribution is -2.00. The second-order valence-corrected chi connectivity index (χ2v) is 6.13. The first-order valence-electron chi connectivity index (χ1n) is 5.69. The lowest BCUT2D eigenvalue weighted by atomic mass is 10.2. The molecule has 1 atom stereocenters. The van der Waals surface area contributed by atoms with E-state index in [0.717, 1.165) is 29.1 Å². The SMILES string of the molecule is Brc1cccc(Cn2cc(C3OCCS3)nn2)c1. The van der Waals surface area contributed by atoms with Crippen molar-refractivity contribution >= 4 is 27.7 Å². The summed E-state index contributed by atoms with van der Waals surface area (Å²) >= 11 is 5.24. The molecule has 0 bridgehead atoms. The lowest BCUT2D eigenvalue weighted by molar-refractivity contribution is 0.142. The van der Waals surface area contributed by atoms with Gasteiger partial charge in [-0.2, -0.15) is 0 Å².